The number of benzene rings is 3. The van der Waals surface area contributed by atoms with Crippen LogP contribution >= 0.6 is 0 Å². The maximum absolute atomic E-state index is 13.4. The minimum Gasteiger partial charge on any atom is -0.493 e. The standard InChI is InChI=1S/C29H28FN5O4/c1-38-24-12-9-19(17-25(24)39-2)15-16-31-27(36)14-13-26-32-33-29-34(18-20-7-10-21(30)11-8-20)28(37)22-5-3-4-6-23(22)35(26)29/h3-12,17H,13-16,18H2,1-2H3,(H,31,36). The number of methoxy groups -OCH3 is 2. The molecule has 39 heavy (non-hydrogen) atoms. The molecule has 2 aromatic heterocycles. The van der Waals surface area contributed by atoms with Crippen LogP contribution < -0.4 is 20.3 Å². The van der Waals surface area contributed by atoms with Gasteiger partial charge in [-0.15, -0.1) is 10.2 Å². The fourth-order valence-corrected chi connectivity index (χ4v) is 4.59. The Morgan fingerprint density at radius 1 is 0.923 bits per heavy atom. The maximum atomic E-state index is 13.4. The molecular formula is C29H28FN5O4. The molecule has 3 aromatic carbocycles. The lowest BCUT2D eigenvalue weighted by molar-refractivity contribution is -0.121. The summed E-state index contributed by atoms with van der Waals surface area (Å²) in [7, 11) is 3.17. The molecule has 0 aliphatic heterocycles. The highest BCUT2D eigenvalue weighted by Gasteiger charge is 2.17. The number of hydrogen-bond donors (Lipinski definition) is 1. The van der Waals surface area contributed by atoms with E-state index in [2.05, 4.69) is 15.5 Å². The highest BCUT2D eigenvalue weighted by atomic mass is 19.1. The zero-order valence-electron chi connectivity index (χ0n) is 21.7. The van der Waals surface area contributed by atoms with Crippen molar-refractivity contribution in [3.63, 3.8) is 0 Å². The van der Waals surface area contributed by atoms with Gasteiger partial charge in [-0.25, -0.2) is 4.39 Å². The molecule has 0 aliphatic rings. The van der Waals surface area contributed by atoms with E-state index in [-0.39, 0.29) is 30.2 Å². The Morgan fingerprint density at radius 2 is 1.67 bits per heavy atom. The third kappa shape index (κ3) is 5.45. The Hall–Kier alpha value is -4.73. The van der Waals surface area contributed by atoms with E-state index in [0.717, 1.165) is 11.1 Å². The topological polar surface area (TPSA) is 99.7 Å². The molecule has 0 fully saturated rings. The number of hydrogen-bond acceptors (Lipinski definition) is 6. The van der Waals surface area contributed by atoms with Gasteiger partial charge < -0.3 is 14.8 Å². The predicted octanol–water partition coefficient (Wildman–Crippen LogP) is 3.54. The number of halogens is 1. The number of rotatable bonds is 10. The fourth-order valence-electron chi connectivity index (χ4n) is 4.59. The first kappa shape index (κ1) is 25.9. The molecule has 5 rings (SSSR count). The van der Waals surface area contributed by atoms with Crippen LogP contribution in [-0.2, 0) is 24.2 Å². The van der Waals surface area contributed by atoms with Crippen molar-refractivity contribution in [2.24, 2.45) is 0 Å². The van der Waals surface area contributed by atoms with Crippen molar-refractivity contribution in [3.05, 3.63) is 99.9 Å². The lowest BCUT2D eigenvalue weighted by Gasteiger charge is -2.12. The van der Waals surface area contributed by atoms with Crippen LogP contribution in [0.3, 0.4) is 0 Å². The molecule has 0 atom stereocenters. The Balaban J connectivity index is 1.32. The van der Waals surface area contributed by atoms with Crippen LogP contribution in [0.25, 0.3) is 16.7 Å². The number of nitrogens with one attached hydrogen (secondary N) is 1. The molecule has 0 spiro atoms. The van der Waals surface area contributed by atoms with Gasteiger partial charge in [0, 0.05) is 19.4 Å². The van der Waals surface area contributed by atoms with Crippen LogP contribution in [0.1, 0.15) is 23.4 Å². The summed E-state index contributed by atoms with van der Waals surface area (Å²) in [6.45, 7) is 0.678. The number of amides is 1. The summed E-state index contributed by atoms with van der Waals surface area (Å²) >= 11 is 0. The lowest BCUT2D eigenvalue weighted by atomic mass is 10.1. The van der Waals surface area contributed by atoms with E-state index < -0.39 is 0 Å². The van der Waals surface area contributed by atoms with Gasteiger partial charge >= 0.3 is 0 Å². The average Bonchev–Trinajstić information content (AvgIpc) is 3.39. The first-order valence-electron chi connectivity index (χ1n) is 12.6. The summed E-state index contributed by atoms with van der Waals surface area (Å²) in [6, 6.07) is 18.9. The predicted molar refractivity (Wildman–Crippen MR) is 145 cm³/mol. The molecule has 0 bridgehead atoms. The van der Waals surface area contributed by atoms with Crippen molar-refractivity contribution in [2.75, 3.05) is 20.8 Å². The van der Waals surface area contributed by atoms with Crippen LogP contribution in [0.2, 0.25) is 0 Å². The molecule has 1 N–H and O–H groups in total. The van der Waals surface area contributed by atoms with Crippen molar-refractivity contribution in [1.29, 1.82) is 0 Å². The van der Waals surface area contributed by atoms with Crippen LogP contribution in [0.15, 0.2) is 71.5 Å². The van der Waals surface area contributed by atoms with Crippen LogP contribution in [0.4, 0.5) is 4.39 Å². The Labute approximate surface area is 223 Å². The lowest BCUT2D eigenvalue weighted by Crippen LogP contribution is -2.26. The second kappa shape index (κ2) is 11.3. The summed E-state index contributed by atoms with van der Waals surface area (Å²) in [4.78, 5) is 26.0. The summed E-state index contributed by atoms with van der Waals surface area (Å²) in [5.74, 6) is 1.78. The highest BCUT2D eigenvalue weighted by molar-refractivity contribution is 5.80. The van der Waals surface area contributed by atoms with Gasteiger partial charge in [0.15, 0.2) is 11.5 Å². The molecule has 9 nitrogen and oxygen atoms in total. The second-order valence-corrected chi connectivity index (χ2v) is 9.08. The number of para-hydroxylation sites is 1. The van der Waals surface area contributed by atoms with Gasteiger partial charge in [-0.2, -0.15) is 0 Å². The molecule has 2 heterocycles. The fraction of sp³-hybridized carbons (Fsp3) is 0.241. The van der Waals surface area contributed by atoms with Gasteiger partial charge in [-0.05, 0) is 53.9 Å². The molecule has 0 aliphatic carbocycles. The van der Waals surface area contributed by atoms with Gasteiger partial charge in [-0.3, -0.25) is 18.6 Å². The Bertz CT molecular complexity index is 1690. The van der Waals surface area contributed by atoms with Gasteiger partial charge in [0.05, 0.1) is 31.7 Å². The maximum Gasteiger partial charge on any atom is 0.263 e. The summed E-state index contributed by atoms with van der Waals surface area (Å²) < 4.78 is 27.4. The molecule has 10 heteroatoms. The number of fused-ring (bicyclic) bond motifs is 3. The first-order chi connectivity index (χ1) is 19.0. The molecule has 0 unspecified atom stereocenters. The van der Waals surface area contributed by atoms with Crippen LogP contribution in [0.5, 0.6) is 11.5 Å². The van der Waals surface area contributed by atoms with Gasteiger partial charge in [-0.1, -0.05) is 30.3 Å². The summed E-state index contributed by atoms with van der Waals surface area (Å²) in [5.41, 5.74) is 2.23. The molecule has 0 saturated heterocycles. The average molecular weight is 530 g/mol. The molecule has 0 saturated carbocycles. The zero-order valence-corrected chi connectivity index (χ0v) is 21.7. The van der Waals surface area contributed by atoms with E-state index in [4.69, 9.17) is 9.47 Å². The van der Waals surface area contributed by atoms with E-state index in [1.165, 1.54) is 16.7 Å². The number of aromatic nitrogens is 4. The summed E-state index contributed by atoms with van der Waals surface area (Å²) in [5, 5.41) is 12.1. The SMILES string of the molecule is COc1ccc(CCNC(=O)CCc2nnc3n(Cc4ccc(F)cc4)c(=O)c4ccccc4n23)cc1OC. The van der Waals surface area contributed by atoms with Gasteiger partial charge in [0.2, 0.25) is 11.7 Å². The minimum atomic E-state index is -0.346. The Morgan fingerprint density at radius 3 is 2.44 bits per heavy atom. The van der Waals surface area contributed by atoms with Crippen molar-refractivity contribution < 1.29 is 18.7 Å². The second-order valence-electron chi connectivity index (χ2n) is 9.08. The number of aryl methyl sites for hydroxylation is 1. The van der Waals surface area contributed by atoms with Crippen molar-refractivity contribution >= 4 is 22.6 Å². The third-order valence-corrected chi connectivity index (χ3v) is 6.59. The smallest absolute Gasteiger partial charge is 0.263 e. The molecule has 0 radical (unpaired) electrons. The van der Waals surface area contributed by atoms with E-state index in [9.17, 15) is 14.0 Å². The molecule has 1 amide bonds. The van der Waals surface area contributed by atoms with E-state index in [1.807, 2.05) is 34.7 Å². The van der Waals surface area contributed by atoms with Gasteiger partial charge in [0.25, 0.3) is 5.56 Å². The van der Waals surface area contributed by atoms with Crippen molar-refractivity contribution in [1.82, 2.24) is 24.5 Å². The van der Waals surface area contributed by atoms with E-state index in [0.29, 0.717) is 53.4 Å². The molecular weight excluding hydrogens is 501 g/mol. The van der Waals surface area contributed by atoms with E-state index >= 15 is 0 Å². The zero-order chi connectivity index (χ0) is 27.4. The third-order valence-electron chi connectivity index (χ3n) is 6.59. The number of carbonyl (C=O) groups is 1. The van der Waals surface area contributed by atoms with Gasteiger partial charge in [0.1, 0.15) is 11.6 Å². The monoisotopic (exact) mass is 529 g/mol. The molecule has 200 valence electrons. The Kier molecular flexibility index (Phi) is 7.53. The van der Waals surface area contributed by atoms with E-state index in [1.54, 1.807) is 38.5 Å². The normalized spacial score (nSPS) is 11.2. The first-order valence-corrected chi connectivity index (χ1v) is 12.6. The number of carbonyl (C=O) groups excluding carboxylic acids is 1. The number of ether oxygens (including phenoxy) is 2. The quantitative estimate of drug-likeness (QED) is 0.297. The molecule has 5 aromatic rings. The number of nitrogens with zero attached hydrogens (tertiary/aromatic N) is 4. The minimum absolute atomic E-state index is 0.115. The van der Waals surface area contributed by atoms with Crippen LogP contribution in [0, 0.1) is 5.82 Å². The largest absolute Gasteiger partial charge is 0.493 e. The van der Waals surface area contributed by atoms with Crippen molar-refractivity contribution in [3.8, 4) is 11.5 Å². The highest BCUT2D eigenvalue weighted by Crippen LogP contribution is 2.27. The van der Waals surface area contributed by atoms with Crippen molar-refractivity contribution in [2.45, 2.75) is 25.8 Å². The summed E-state index contributed by atoms with van der Waals surface area (Å²) in [6.07, 6.45) is 1.18. The van der Waals surface area contributed by atoms with Crippen LogP contribution in [-0.4, -0.2) is 45.8 Å².